The summed E-state index contributed by atoms with van der Waals surface area (Å²) in [5.74, 6) is -0.354. The minimum Gasteiger partial charge on any atom is -0.321 e. The second-order valence-electron chi connectivity index (χ2n) is 9.19. The number of benzene rings is 4. The number of hydrogen-bond acceptors (Lipinski definition) is 3. The molecule has 0 spiro atoms. The molecule has 0 fully saturated rings. The van der Waals surface area contributed by atoms with Gasteiger partial charge in [0.25, 0.3) is 5.91 Å². The van der Waals surface area contributed by atoms with Crippen molar-refractivity contribution in [1.29, 1.82) is 0 Å². The monoisotopic (exact) mass is 558 g/mol. The van der Waals surface area contributed by atoms with E-state index < -0.39 is 27.5 Å². The first-order valence-electron chi connectivity index (χ1n) is 11.7. The third-order valence-corrected chi connectivity index (χ3v) is 7.96. The number of halogens is 4. The summed E-state index contributed by atoms with van der Waals surface area (Å²) in [7, 11) is -4.09. The summed E-state index contributed by atoms with van der Waals surface area (Å²) in [6.45, 7) is -0.361. The summed E-state index contributed by atoms with van der Waals surface area (Å²) in [5, 5.41) is 4.91. The van der Waals surface area contributed by atoms with Crippen LogP contribution in [0.5, 0.6) is 0 Å². The third kappa shape index (κ3) is 5.08. The zero-order chi connectivity index (χ0) is 27.2. The van der Waals surface area contributed by atoms with Crippen LogP contribution in [-0.2, 0) is 35.6 Å². The molecule has 0 saturated carbocycles. The fourth-order valence-corrected chi connectivity index (χ4v) is 5.88. The maximum Gasteiger partial charge on any atom is 0.418 e. The van der Waals surface area contributed by atoms with Gasteiger partial charge in [-0.2, -0.15) is 13.2 Å². The van der Waals surface area contributed by atoms with E-state index in [2.05, 4.69) is 11.4 Å². The van der Waals surface area contributed by atoms with Gasteiger partial charge in [-0.05, 0) is 71.3 Å². The van der Waals surface area contributed by atoms with Crippen LogP contribution in [0.2, 0.25) is 5.02 Å². The average molecular weight is 559 g/mol. The Morgan fingerprint density at radius 3 is 2.32 bits per heavy atom. The molecule has 0 saturated heterocycles. The predicted octanol–water partition coefficient (Wildman–Crippen LogP) is 6.83. The van der Waals surface area contributed by atoms with Crippen molar-refractivity contribution in [3.63, 3.8) is 0 Å². The second-order valence-corrected chi connectivity index (χ2v) is 11.5. The lowest BCUT2D eigenvalue weighted by Gasteiger charge is -2.26. The molecule has 0 heterocycles. The lowest BCUT2D eigenvalue weighted by atomic mass is 10.0. The van der Waals surface area contributed by atoms with Gasteiger partial charge in [0.15, 0.2) is 0 Å². The number of hydrogen-bond donors (Lipinski definition) is 1. The van der Waals surface area contributed by atoms with Crippen LogP contribution in [-0.4, -0.2) is 20.6 Å². The molecule has 1 aliphatic rings. The molecular formula is C28H22ClF3N2O3S. The van der Waals surface area contributed by atoms with Crippen molar-refractivity contribution in [3.05, 3.63) is 106 Å². The van der Waals surface area contributed by atoms with Gasteiger partial charge in [0.05, 0.1) is 24.1 Å². The number of aryl methyl sites for hydroxylation is 2. The number of sulfonamides is 1. The molecule has 1 aliphatic carbocycles. The van der Waals surface area contributed by atoms with Crippen LogP contribution in [0.1, 0.15) is 32.6 Å². The first-order valence-corrected chi connectivity index (χ1v) is 13.9. The van der Waals surface area contributed by atoms with E-state index in [1.807, 2.05) is 24.3 Å². The SMILES string of the molecule is CS(=O)(=O)N(Cc1ccc(C(=O)Nc2ccc3c4c(cccc24)CC3)cc1)c1ccc(Cl)cc1C(F)(F)F. The minimum atomic E-state index is -4.81. The lowest BCUT2D eigenvalue weighted by Crippen LogP contribution is -2.31. The Labute approximate surface area is 222 Å². The Bertz CT molecular complexity index is 1660. The average Bonchev–Trinajstić information content (AvgIpc) is 3.28. The smallest absolute Gasteiger partial charge is 0.321 e. The topological polar surface area (TPSA) is 66.5 Å². The highest BCUT2D eigenvalue weighted by molar-refractivity contribution is 7.92. The number of nitrogens with zero attached hydrogens (tertiary/aromatic N) is 1. The zero-order valence-electron chi connectivity index (χ0n) is 20.1. The quantitative estimate of drug-likeness (QED) is 0.282. The molecule has 0 aromatic heterocycles. The summed E-state index contributed by atoms with van der Waals surface area (Å²) in [6.07, 6.45) is -2.04. The highest BCUT2D eigenvalue weighted by Gasteiger charge is 2.37. The van der Waals surface area contributed by atoms with E-state index in [1.54, 1.807) is 0 Å². The van der Waals surface area contributed by atoms with Gasteiger partial charge in [-0.15, -0.1) is 0 Å². The summed E-state index contributed by atoms with van der Waals surface area (Å²) in [6, 6.07) is 18.9. The molecule has 4 aromatic carbocycles. The van der Waals surface area contributed by atoms with Crippen molar-refractivity contribution in [2.45, 2.75) is 25.6 Å². The lowest BCUT2D eigenvalue weighted by molar-refractivity contribution is -0.137. The predicted molar refractivity (Wildman–Crippen MR) is 143 cm³/mol. The normalized spacial score (nSPS) is 13.1. The molecule has 1 amide bonds. The molecule has 4 aromatic rings. The first-order chi connectivity index (χ1) is 17.9. The third-order valence-electron chi connectivity index (χ3n) is 6.60. The number of anilines is 2. The van der Waals surface area contributed by atoms with Gasteiger partial charge in [0.1, 0.15) is 0 Å². The fourth-order valence-electron chi connectivity index (χ4n) is 4.81. The fraction of sp³-hybridized carbons (Fsp3) is 0.179. The van der Waals surface area contributed by atoms with Gasteiger partial charge in [-0.1, -0.05) is 48.0 Å². The molecule has 10 heteroatoms. The van der Waals surface area contributed by atoms with Crippen molar-refractivity contribution in [3.8, 4) is 0 Å². The van der Waals surface area contributed by atoms with E-state index in [0.717, 1.165) is 30.6 Å². The Morgan fingerprint density at radius 2 is 1.66 bits per heavy atom. The van der Waals surface area contributed by atoms with Crippen molar-refractivity contribution in [2.24, 2.45) is 0 Å². The summed E-state index contributed by atoms with van der Waals surface area (Å²) < 4.78 is 66.6. The number of carbonyl (C=O) groups is 1. The van der Waals surface area contributed by atoms with Crippen LogP contribution < -0.4 is 9.62 Å². The van der Waals surface area contributed by atoms with Gasteiger partial charge in [0, 0.05) is 21.7 Å². The van der Waals surface area contributed by atoms with Crippen LogP contribution in [0.4, 0.5) is 24.5 Å². The maximum atomic E-state index is 13.7. The van der Waals surface area contributed by atoms with Gasteiger partial charge in [-0.3, -0.25) is 9.10 Å². The Morgan fingerprint density at radius 1 is 0.974 bits per heavy atom. The largest absolute Gasteiger partial charge is 0.418 e. The molecule has 0 atom stereocenters. The van der Waals surface area contributed by atoms with E-state index in [-0.39, 0.29) is 17.5 Å². The minimum absolute atomic E-state index is 0.162. The standard InChI is InChI=1S/C28H22ClF3N2O3S/c1-38(36,37)34(25-14-12-21(29)15-23(25)28(30,31)32)16-17-5-7-20(8-6-17)27(35)33-24-13-11-19-10-9-18-3-2-4-22(24)26(18)19/h2-8,11-15H,9-10,16H2,1H3,(H,33,35). The van der Waals surface area contributed by atoms with Crippen molar-refractivity contribution in [2.75, 3.05) is 15.9 Å². The number of rotatable bonds is 6. The molecule has 0 unspecified atom stereocenters. The molecule has 0 aliphatic heterocycles. The van der Waals surface area contributed by atoms with E-state index in [1.165, 1.54) is 46.8 Å². The molecule has 38 heavy (non-hydrogen) atoms. The van der Waals surface area contributed by atoms with Crippen LogP contribution in [0.3, 0.4) is 0 Å². The molecule has 0 bridgehead atoms. The van der Waals surface area contributed by atoms with E-state index >= 15 is 0 Å². The number of carbonyl (C=O) groups excluding carboxylic acids is 1. The molecule has 196 valence electrons. The van der Waals surface area contributed by atoms with Crippen LogP contribution in [0.15, 0.2) is 72.8 Å². The summed E-state index contributed by atoms with van der Waals surface area (Å²) >= 11 is 5.75. The number of nitrogens with one attached hydrogen (secondary N) is 1. The second kappa shape index (κ2) is 9.63. The van der Waals surface area contributed by atoms with Gasteiger partial charge < -0.3 is 5.32 Å². The highest BCUT2D eigenvalue weighted by Crippen LogP contribution is 2.40. The molecule has 1 N–H and O–H groups in total. The zero-order valence-corrected chi connectivity index (χ0v) is 21.7. The van der Waals surface area contributed by atoms with Crippen LogP contribution in [0, 0.1) is 0 Å². The van der Waals surface area contributed by atoms with Crippen LogP contribution in [0.25, 0.3) is 10.8 Å². The Kier molecular flexibility index (Phi) is 6.61. The van der Waals surface area contributed by atoms with E-state index in [9.17, 15) is 26.4 Å². The van der Waals surface area contributed by atoms with Gasteiger partial charge >= 0.3 is 6.18 Å². The van der Waals surface area contributed by atoms with Crippen LogP contribution >= 0.6 is 11.6 Å². The molecule has 5 nitrogen and oxygen atoms in total. The van der Waals surface area contributed by atoms with Gasteiger partial charge in [0.2, 0.25) is 10.0 Å². The summed E-state index contributed by atoms with van der Waals surface area (Å²) in [5.41, 5.74) is 2.23. The van der Waals surface area contributed by atoms with E-state index in [4.69, 9.17) is 11.6 Å². The number of amides is 1. The Hall–Kier alpha value is -3.56. The highest BCUT2D eigenvalue weighted by atomic mass is 35.5. The molecule has 5 rings (SSSR count). The van der Waals surface area contributed by atoms with E-state index in [0.29, 0.717) is 27.2 Å². The molecular weight excluding hydrogens is 537 g/mol. The first kappa shape index (κ1) is 26.1. The Balaban J connectivity index is 1.40. The number of alkyl halides is 3. The van der Waals surface area contributed by atoms with Crippen molar-refractivity contribution < 1.29 is 26.4 Å². The van der Waals surface area contributed by atoms with Crippen molar-refractivity contribution in [1.82, 2.24) is 0 Å². The summed E-state index contributed by atoms with van der Waals surface area (Å²) in [4.78, 5) is 13.0. The van der Waals surface area contributed by atoms with Gasteiger partial charge in [-0.25, -0.2) is 8.42 Å². The molecule has 0 radical (unpaired) electrons. The van der Waals surface area contributed by atoms with Crippen molar-refractivity contribution >= 4 is 49.7 Å². The maximum absolute atomic E-state index is 13.7.